The Morgan fingerprint density at radius 1 is 1.42 bits per heavy atom. The molecule has 4 nitrogen and oxygen atoms in total. The van der Waals surface area contributed by atoms with E-state index in [1.165, 1.54) is 16.7 Å². The predicted molar refractivity (Wildman–Crippen MR) is 75.6 cm³/mol. The summed E-state index contributed by atoms with van der Waals surface area (Å²) in [7, 11) is 0. The maximum atomic E-state index is 13.0. The highest BCUT2D eigenvalue weighted by Gasteiger charge is 2.11. The first-order valence-corrected chi connectivity index (χ1v) is 6.47. The van der Waals surface area contributed by atoms with Crippen LogP contribution in [-0.2, 0) is 6.54 Å². The molecule has 0 aliphatic heterocycles. The summed E-state index contributed by atoms with van der Waals surface area (Å²) < 4.78 is 15.3. The van der Waals surface area contributed by atoms with Crippen LogP contribution in [-0.4, -0.2) is 9.55 Å². The summed E-state index contributed by atoms with van der Waals surface area (Å²) in [6.07, 6.45) is 0. The van der Waals surface area contributed by atoms with Gasteiger partial charge >= 0.3 is 5.69 Å². The van der Waals surface area contributed by atoms with E-state index >= 15 is 0 Å². The molecule has 6 heteroatoms. The second-order valence-electron chi connectivity index (χ2n) is 4.31. The number of halogens is 2. The van der Waals surface area contributed by atoms with E-state index in [9.17, 15) is 9.18 Å². The molecule has 0 fully saturated rings. The van der Waals surface area contributed by atoms with E-state index in [1.807, 2.05) is 6.92 Å². The quantitative estimate of drug-likeness (QED) is 0.862. The van der Waals surface area contributed by atoms with E-state index in [4.69, 9.17) is 5.73 Å². The summed E-state index contributed by atoms with van der Waals surface area (Å²) in [5.41, 5.74) is 7.82. The zero-order chi connectivity index (χ0) is 14.2. The maximum absolute atomic E-state index is 13.0. The highest BCUT2D eigenvalue weighted by Crippen LogP contribution is 2.19. The van der Waals surface area contributed by atoms with Crippen LogP contribution in [0.1, 0.15) is 17.0 Å². The van der Waals surface area contributed by atoms with Gasteiger partial charge < -0.3 is 5.73 Å². The molecule has 0 saturated carbocycles. The predicted octanol–water partition coefficient (Wildman–Crippen LogP) is 2.39. The van der Waals surface area contributed by atoms with Gasteiger partial charge in [-0.25, -0.2) is 9.18 Å². The molecule has 1 aromatic heterocycles. The van der Waals surface area contributed by atoms with Crippen molar-refractivity contribution >= 4 is 21.6 Å². The Morgan fingerprint density at radius 2 is 2.11 bits per heavy atom. The largest absolute Gasteiger partial charge is 0.398 e. The standard InChI is InChI=1S/C13H13BrFN3O/c1-7-12(14)8(2)18(13(19)17-7)6-9-3-4-10(15)5-11(9)16/h3-5H,6,16H2,1-2H3. The van der Waals surface area contributed by atoms with Gasteiger partial charge in [-0.2, -0.15) is 4.98 Å². The number of aryl methyl sites for hydroxylation is 1. The molecule has 0 bridgehead atoms. The molecule has 0 radical (unpaired) electrons. The molecule has 19 heavy (non-hydrogen) atoms. The van der Waals surface area contributed by atoms with Gasteiger partial charge in [0.15, 0.2) is 0 Å². The molecule has 2 rings (SSSR count). The van der Waals surface area contributed by atoms with Gasteiger partial charge in [-0.15, -0.1) is 0 Å². The molecule has 0 aliphatic carbocycles. The third-order valence-electron chi connectivity index (χ3n) is 2.97. The molecule has 1 aromatic carbocycles. The van der Waals surface area contributed by atoms with Crippen LogP contribution in [0.4, 0.5) is 10.1 Å². The first-order chi connectivity index (χ1) is 8.90. The molecule has 100 valence electrons. The zero-order valence-electron chi connectivity index (χ0n) is 10.6. The number of rotatable bonds is 2. The second kappa shape index (κ2) is 5.13. The highest BCUT2D eigenvalue weighted by molar-refractivity contribution is 9.10. The Balaban J connectivity index is 2.50. The van der Waals surface area contributed by atoms with Crippen molar-refractivity contribution in [1.29, 1.82) is 0 Å². The Kier molecular flexibility index (Phi) is 3.71. The number of nitrogen functional groups attached to an aromatic ring is 1. The molecule has 0 unspecified atom stereocenters. The average molecular weight is 326 g/mol. The van der Waals surface area contributed by atoms with Crippen molar-refractivity contribution < 1.29 is 4.39 Å². The van der Waals surface area contributed by atoms with Crippen molar-refractivity contribution in [1.82, 2.24) is 9.55 Å². The fraction of sp³-hybridized carbons (Fsp3) is 0.231. The van der Waals surface area contributed by atoms with Crippen molar-refractivity contribution in [2.45, 2.75) is 20.4 Å². The number of hydrogen-bond donors (Lipinski definition) is 1. The Labute approximate surface area is 118 Å². The van der Waals surface area contributed by atoms with Crippen LogP contribution < -0.4 is 11.4 Å². The molecule has 2 N–H and O–H groups in total. The van der Waals surface area contributed by atoms with Crippen LogP contribution in [0.5, 0.6) is 0 Å². The molecular formula is C13H13BrFN3O. The number of benzene rings is 1. The van der Waals surface area contributed by atoms with Crippen molar-refractivity contribution in [3.8, 4) is 0 Å². The molecule has 1 heterocycles. The second-order valence-corrected chi connectivity index (χ2v) is 5.10. The molecule has 0 atom stereocenters. The molecule has 0 spiro atoms. The van der Waals surface area contributed by atoms with Crippen LogP contribution in [0.3, 0.4) is 0 Å². The fourth-order valence-corrected chi connectivity index (χ4v) is 2.15. The smallest absolute Gasteiger partial charge is 0.348 e. The van der Waals surface area contributed by atoms with Gasteiger partial charge in [0.1, 0.15) is 5.82 Å². The first-order valence-electron chi connectivity index (χ1n) is 5.67. The van der Waals surface area contributed by atoms with Crippen LogP contribution in [0, 0.1) is 19.7 Å². The molecule has 0 aliphatic rings. The van der Waals surface area contributed by atoms with Crippen LogP contribution in [0.2, 0.25) is 0 Å². The van der Waals surface area contributed by atoms with Gasteiger partial charge in [0, 0.05) is 11.4 Å². The Hall–Kier alpha value is -1.69. The Morgan fingerprint density at radius 3 is 2.74 bits per heavy atom. The van der Waals surface area contributed by atoms with Gasteiger partial charge in [-0.05, 0) is 47.5 Å². The summed E-state index contributed by atoms with van der Waals surface area (Å²) >= 11 is 3.39. The monoisotopic (exact) mass is 325 g/mol. The molecular weight excluding hydrogens is 313 g/mol. The SMILES string of the molecule is Cc1nc(=O)n(Cc2ccc(F)cc2N)c(C)c1Br. The van der Waals surface area contributed by atoms with E-state index in [2.05, 4.69) is 20.9 Å². The van der Waals surface area contributed by atoms with Crippen molar-refractivity contribution in [3.63, 3.8) is 0 Å². The lowest BCUT2D eigenvalue weighted by molar-refractivity contribution is 0.626. The lowest BCUT2D eigenvalue weighted by Crippen LogP contribution is -2.27. The number of anilines is 1. The zero-order valence-corrected chi connectivity index (χ0v) is 12.2. The van der Waals surface area contributed by atoms with E-state index in [0.29, 0.717) is 16.9 Å². The van der Waals surface area contributed by atoms with Crippen LogP contribution >= 0.6 is 15.9 Å². The van der Waals surface area contributed by atoms with Gasteiger partial charge in [0.2, 0.25) is 0 Å². The molecule has 2 aromatic rings. The Bertz CT molecular complexity index is 697. The lowest BCUT2D eigenvalue weighted by Gasteiger charge is -2.13. The van der Waals surface area contributed by atoms with E-state index < -0.39 is 5.82 Å². The normalized spacial score (nSPS) is 10.7. The lowest BCUT2D eigenvalue weighted by atomic mass is 10.1. The number of nitrogens with zero attached hydrogens (tertiary/aromatic N) is 2. The topological polar surface area (TPSA) is 60.9 Å². The third-order valence-corrected chi connectivity index (χ3v) is 4.12. The minimum absolute atomic E-state index is 0.267. The van der Waals surface area contributed by atoms with Crippen molar-refractivity contribution in [2.75, 3.05) is 5.73 Å². The average Bonchev–Trinajstić information content (AvgIpc) is 2.34. The summed E-state index contributed by atoms with van der Waals surface area (Å²) in [6, 6.07) is 4.14. The first kappa shape index (κ1) is 13.7. The minimum atomic E-state index is -0.395. The summed E-state index contributed by atoms with van der Waals surface area (Å²) in [4.78, 5) is 15.8. The number of nitrogens with two attached hydrogens (primary N) is 1. The summed E-state index contributed by atoms with van der Waals surface area (Å²) in [6.45, 7) is 3.84. The number of hydrogen-bond acceptors (Lipinski definition) is 3. The van der Waals surface area contributed by atoms with Crippen LogP contribution in [0.25, 0.3) is 0 Å². The van der Waals surface area contributed by atoms with Gasteiger partial charge in [0.05, 0.1) is 16.7 Å². The molecule has 0 amide bonds. The van der Waals surface area contributed by atoms with E-state index in [1.54, 1.807) is 13.0 Å². The number of aromatic nitrogens is 2. The fourth-order valence-electron chi connectivity index (χ4n) is 1.84. The van der Waals surface area contributed by atoms with E-state index in [0.717, 1.165) is 10.2 Å². The van der Waals surface area contributed by atoms with Gasteiger partial charge in [0.25, 0.3) is 0 Å². The van der Waals surface area contributed by atoms with E-state index in [-0.39, 0.29) is 12.2 Å². The molecule has 0 saturated heterocycles. The summed E-state index contributed by atoms with van der Waals surface area (Å²) in [5.74, 6) is -0.395. The third kappa shape index (κ3) is 2.68. The van der Waals surface area contributed by atoms with Crippen molar-refractivity contribution in [3.05, 3.63) is 55.9 Å². The van der Waals surface area contributed by atoms with Gasteiger partial charge in [-0.1, -0.05) is 6.07 Å². The van der Waals surface area contributed by atoms with Gasteiger partial charge in [-0.3, -0.25) is 4.57 Å². The maximum Gasteiger partial charge on any atom is 0.348 e. The van der Waals surface area contributed by atoms with Crippen LogP contribution in [0.15, 0.2) is 27.5 Å². The highest BCUT2D eigenvalue weighted by atomic mass is 79.9. The van der Waals surface area contributed by atoms with Crippen molar-refractivity contribution in [2.24, 2.45) is 0 Å². The summed E-state index contributed by atoms with van der Waals surface area (Å²) in [5, 5.41) is 0. The minimum Gasteiger partial charge on any atom is -0.398 e.